The van der Waals surface area contributed by atoms with Crippen molar-refractivity contribution in [3.63, 3.8) is 0 Å². The van der Waals surface area contributed by atoms with Crippen LogP contribution in [0.3, 0.4) is 0 Å². The molecular formula is C11H15NO. The van der Waals surface area contributed by atoms with Gasteiger partial charge in [-0.15, -0.1) is 0 Å². The van der Waals surface area contributed by atoms with Crippen molar-refractivity contribution in [3.05, 3.63) is 29.8 Å². The van der Waals surface area contributed by atoms with Crippen LogP contribution in [0.4, 0.5) is 5.69 Å². The molecule has 1 N–H and O–H groups in total. The van der Waals surface area contributed by atoms with Crippen LogP contribution in [0.25, 0.3) is 0 Å². The summed E-state index contributed by atoms with van der Waals surface area (Å²) in [5, 5.41) is 2.83. The lowest BCUT2D eigenvalue weighted by Gasteiger charge is -2.03. The lowest BCUT2D eigenvalue weighted by atomic mass is 10.2. The van der Waals surface area contributed by atoms with Gasteiger partial charge in [0.1, 0.15) is 0 Å². The smallest absolute Gasteiger partial charge is 0.224 e. The first-order chi connectivity index (χ1) is 6.22. The summed E-state index contributed by atoms with van der Waals surface area (Å²) in [4.78, 5) is 11.2. The Morgan fingerprint density at radius 3 is 2.46 bits per heavy atom. The second-order valence-electron chi connectivity index (χ2n) is 3.16. The van der Waals surface area contributed by atoms with E-state index < -0.39 is 0 Å². The van der Waals surface area contributed by atoms with Gasteiger partial charge in [0, 0.05) is 12.1 Å². The van der Waals surface area contributed by atoms with Crippen LogP contribution < -0.4 is 5.32 Å². The first-order valence-electron chi connectivity index (χ1n) is 4.59. The average Bonchev–Trinajstić information content (AvgIpc) is 2.09. The summed E-state index contributed by atoms with van der Waals surface area (Å²) in [6.45, 7) is 4.02. The molecule has 0 aliphatic heterocycles. The predicted molar refractivity (Wildman–Crippen MR) is 54.7 cm³/mol. The van der Waals surface area contributed by atoms with Gasteiger partial charge in [-0.1, -0.05) is 24.6 Å². The van der Waals surface area contributed by atoms with Gasteiger partial charge in [-0.2, -0.15) is 0 Å². The number of hydrogen-bond acceptors (Lipinski definition) is 1. The van der Waals surface area contributed by atoms with E-state index in [1.807, 2.05) is 38.1 Å². The lowest BCUT2D eigenvalue weighted by Crippen LogP contribution is -2.10. The van der Waals surface area contributed by atoms with Crippen molar-refractivity contribution in [3.8, 4) is 0 Å². The third-order valence-electron chi connectivity index (χ3n) is 1.81. The van der Waals surface area contributed by atoms with E-state index in [2.05, 4.69) is 5.32 Å². The van der Waals surface area contributed by atoms with E-state index in [0.29, 0.717) is 6.42 Å². The monoisotopic (exact) mass is 177 g/mol. The summed E-state index contributed by atoms with van der Waals surface area (Å²) in [5.74, 6) is 0.0892. The Morgan fingerprint density at radius 1 is 1.31 bits per heavy atom. The first-order valence-corrected chi connectivity index (χ1v) is 4.59. The van der Waals surface area contributed by atoms with Crippen LogP contribution in [0.1, 0.15) is 25.3 Å². The van der Waals surface area contributed by atoms with E-state index >= 15 is 0 Å². The molecule has 1 rings (SSSR count). The number of carbonyl (C=O) groups excluding carboxylic acids is 1. The molecule has 2 nitrogen and oxygen atoms in total. The molecule has 0 spiro atoms. The molecule has 0 atom stereocenters. The van der Waals surface area contributed by atoms with Gasteiger partial charge in [0.2, 0.25) is 5.91 Å². The van der Waals surface area contributed by atoms with Crippen LogP contribution in [-0.2, 0) is 4.79 Å². The van der Waals surface area contributed by atoms with E-state index in [1.54, 1.807) is 0 Å². The molecule has 13 heavy (non-hydrogen) atoms. The van der Waals surface area contributed by atoms with E-state index in [9.17, 15) is 4.79 Å². The Bertz CT molecular complexity index is 277. The standard InChI is InChI=1S/C11H15NO/c1-3-4-11(13)12-10-7-5-9(2)6-8-10/h5-8H,3-4H2,1-2H3,(H,12,13). The molecule has 0 radical (unpaired) electrons. The minimum atomic E-state index is 0.0892. The van der Waals surface area contributed by atoms with E-state index in [1.165, 1.54) is 5.56 Å². The number of benzene rings is 1. The maximum atomic E-state index is 11.2. The van der Waals surface area contributed by atoms with Crippen molar-refractivity contribution >= 4 is 11.6 Å². The molecule has 0 heterocycles. The molecule has 0 aliphatic carbocycles. The summed E-state index contributed by atoms with van der Waals surface area (Å²) in [6, 6.07) is 7.81. The molecule has 0 aliphatic rings. The van der Waals surface area contributed by atoms with Gasteiger partial charge in [-0.05, 0) is 25.5 Å². The van der Waals surface area contributed by atoms with Gasteiger partial charge in [-0.25, -0.2) is 0 Å². The molecule has 70 valence electrons. The largest absolute Gasteiger partial charge is 0.326 e. The van der Waals surface area contributed by atoms with Crippen molar-refractivity contribution in [2.45, 2.75) is 26.7 Å². The number of nitrogens with one attached hydrogen (secondary N) is 1. The van der Waals surface area contributed by atoms with Gasteiger partial charge < -0.3 is 5.32 Å². The van der Waals surface area contributed by atoms with Crippen molar-refractivity contribution < 1.29 is 4.79 Å². The summed E-state index contributed by atoms with van der Waals surface area (Å²) in [6.07, 6.45) is 1.48. The first kappa shape index (κ1) is 9.78. The quantitative estimate of drug-likeness (QED) is 0.755. The molecule has 0 saturated carbocycles. The van der Waals surface area contributed by atoms with Crippen LogP contribution >= 0.6 is 0 Å². The van der Waals surface area contributed by atoms with E-state index in [-0.39, 0.29) is 5.91 Å². The van der Waals surface area contributed by atoms with Crippen LogP contribution in [0.5, 0.6) is 0 Å². The highest BCUT2D eigenvalue weighted by atomic mass is 16.1. The summed E-state index contributed by atoms with van der Waals surface area (Å²) in [7, 11) is 0. The minimum Gasteiger partial charge on any atom is -0.326 e. The number of anilines is 1. The maximum Gasteiger partial charge on any atom is 0.224 e. The molecule has 2 heteroatoms. The minimum absolute atomic E-state index is 0.0892. The zero-order valence-electron chi connectivity index (χ0n) is 8.13. The highest BCUT2D eigenvalue weighted by molar-refractivity contribution is 5.90. The van der Waals surface area contributed by atoms with E-state index in [0.717, 1.165) is 12.1 Å². The number of carbonyl (C=O) groups is 1. The third-order valence-corrected chi connectivity index (χ3v) is 1.81. The molecule has 0 fully saturated rings. The Kier molecular flexibility index (Phi) is 3.50. The van der Waals surface area contributed by atoms with Crippen LogP contribution in [-0.4, -0.2) is 5.91 Å². The normalized spacial score (nSPS) is 9.69. The highest BCUT2D eigenvalue weighted by Gasteiger charge is 1.98. The number of hydrogen-bond donors (Lipinski definition) is 1. The molecule has 0 unspecified atom stereocenters. The lowest BCUT2D eigenvalue weighted by molar-refractivity contribution is -0.116. The molecule has 1 aromatic rings. The molecule has 1 amide bonds. The zero-order chi connectivity index (χ0) is 9.68. The predicted octanol–water partition coefficient (Wildman–Crippen LogP) is 2.73. The Labute approximate surface area is 79.0 Å². The molecule has 0 saturated heterocycles. The fourth-order valence-electron chi connectivity index (χ4n) is 1.09. The van der Waals surface area contributed by atoms with Crippen LogP contribution in [0, 0.1) is 6.92 Å². The Hall–Kier alpha value is -1.31. The summed E-state index contributed by atoms with van der Waals surface area (Å²) >= 11 is 0. The number of aryl methyl sites for hydroxylation is 1. The van der Waals surface area contributed by atoms with Gasteiger partial charge in [0.15, 0.2) is 0 Å². The number of rotatable bonds is 3. The van der Waals surface area contributed by atoms with Crippen LogP contribution in [0.15, 0.2) is 24.3 Å². The van der Waals surface area contributed by atoms with Crippen molar-refractivity contribution in [1.29, 1.82) is 0 Å². The third kappa shape index (κ3) is 3.28. The highest BCUT2D eigenvalue weighted by Crippen LogP contribution is 2.08. The van der Waals surface area contributed by atoms with Crippen molar-refractivity contribution in [1.82, 2.24) is 0 Å². The van der Waals surface area contributed by atoms with E-state index in [4.69, 9.17) is 0 Å². The van der Waals surface area contributed by atoms with Gasteiger partial charge in [0.25, 0.3) is 0 Å². The van der Waals surface area contributed by atoms with Gasteiger partial charge in [0.05, 0.1) is 0 Å². The van der Waals surface area contributed by atoms with Gasteiger partial charge >= 0.3 is 0 Å². The zero-order valence-corrected chi connectivity index (χ0v) is 8.13. The molecule has 0 bridgehead atoms. The average molecular weight is 177 g/mol. The topological polar surface area (TPSA) is 29.1 Å². The van der Waals surface area contributed by atoms with Crippen molar-refractivity contribution in [2.75, 3.05) is 5.32 Å². The molecular weight excluding hydrogens is 162 g/mol. The summed E-state index contributed by atoms with van der Waals surface area (Å²) in [5.41, 5.74) is 2.08. The molecule has 0 aromatic heterocycles. The molecule has 1 aromatic carbocycles. The Morgan fingerprint density at radius 2 is 1.92 bits per heavy atom. The fourth-order valence-corrected chi connectivity index (χ4v) is 1.09. The SMILES string of the molecule is CCCC(=O)Nc1ccc(C)cc1. The second-order valence-corrected chi connectivity index (χ2v) is 3.16. The number of amides is 1. The van der Waals surface area contributed by atoms with Crippen molar-refractivity contribution in [2.24, 2.45) is 0 Å². The van der Waals surface area contributed by atoms with Crippen LogP contribution in [0.2, 0.25) is 0 Å². The maximum absolute atomic E-state index is 11.2. The van der Waals surface area contributed by atoms with Gasteiger partial charge in [-0.3, -0.25) is 4.79 Å². The Balaban J connectivity index is 2.54. The second kappa shape index (κ2) is 4.65. The fraction of sp³-hybridized carbons (Fsp3) is 0.364. The summed E-state index contributed by atoms with van der Waals surface area (Å²) < 4.78 is 0.